The van der Waals surface area contributed by atoms with E-state index in [4.69, 9.17) is 9.47 Å². The molecule has 1 heterocycles. The quantitative estimate of drug-likeness (QED) is 0.747. The van der Waals surface area contributed by atoms with Gasteiger partial charge < -0.3 is 14.8 Å². The van der Waals surface area contributed by atoms with Gasteiger partial charge in [-0.15, -0.1) is 0 Å². The van der Waals surface area contributed by atoms with Crippen molar-refractivity contribution in [1.29, 1.82) is 0 Å². The molecular formula is C21H26N2O5S. The van der Waals surface area contributed by atoms with Gasteiger partial charge in [-0.1, -0.05) is 37.3 Å². The van der Waals surface area contributed by atoms with Gasteiger partial charge in [-0.3, -0.25) is 4.79 Å². The van der Waals surface area contributed by atoms with E-state index < -0.39 is 10.0 Å². The first-order valence-corrected chi connectivity index (χ1v) is 11.0. The van der Waals surface area contributed by atoms with Gasteiger partial charge in [0.05, 0.1) is 26.2 Å². The summed E-state index contributed by atoms with van der Waals surface area (Å²) in [6.07, 6.45) is 0.630. The number of carbonyl (C=O) groups excluding carboxylic acids is 1. The molecule has 2 aromatic carbocycles. The Balaban J connectivity index is 1.87. The number of amides is 1. The van der Waals surface area contributed by atoms with Crippen molar-refractivity contribution in [2.24, 2.45) is 0 Å². The first-order valence-electron chi connectivity index (χ1n) is 9.59. The average molecular weight is 419 g/mol. The van der Waals surface area contributed by atoms with Gasteiger partial charge in [0.15, 0.2) is 0 Å². The largest absolute Gasteiger partial charge is 0.495 e. The summed E-state index contributed by atoms with van der Waals surface area (Å²) in [6.45, 7) is 3.22. The molecule has 1 atom stereocenters. The Bertz CT molecular complexity index is 941. The Morgan fingerprint density at radius 3 is 2.48 bits per heavy atom. The lowest BCUT2D eigenvalue weighted by molar-refractivity contribution is -0.117. The molecule has 1 amide bonds. The molecule has 1 fully saturated rings. The Morgan fingerprint density at radius 1 is 1.17 bits per heavy atom. The van der Waals surface area contributed by atoms with E-state index in [9.17, 15) is 13.2 Å². The fraction of sp³-hybridized carbons (Fsp3) is 0.381. The Labute approximate surface area is 171 Å². The van der Waals surface area contributed by atoms with Crippen LogP contribution in [-0.4, -0.2) is 52.0 Å². The number of hydrogen-bond donors (Lipinski definition) is 1. The fourth-order valence-corrected chi connectivity index (χ4v) is 4.96. The van der Waals surface area contributed by atoms with E-state index in [1.54, 1.807) is 12.1 Å². The lowest BCUT2D eigenvalue weighted by Gasteiger charge is -2.27. The summed E-state index contributed by atoms with van der Waals surface area (Å²) in [5.41, 5.74) is 1.33. The summed E-state index contributed by atoms with van der Waals surface area (Å²) in [4.78, 5) is 12.9. The molecule has 0 aliphatic carbocycles. The van der Waals surface area contributed by atoms with E-state index in [-0.39, 0.29) is 35.6 Å². The monoisotopic (exact) mass is 418 g/mol. The normalized spacial score (nSPS) is 16.2. The molecule has 0 radical (unpaired) electrons. The van der Waals surface area contributed by atoms with Crippen molar-refractivity contribution < 1.29 is 22.7 Å². The van der Waals surface area contributed by atoms with Crippen LogP contribution < -0.4 is 10.1 Å². The van der Waals surface area contributed by atoms with Crippen LogP contribution in [0.15, 0.2) is 53.4 Å². The molecule has 29 heavy (non-hydrogen) atoms. The zero-order valence-corrected chi connectivity index (χ0v) is 17.4. The maximum Gasteiger partial charge on any atom is 0.246 e. The molecule has 2 aromatic rings. The number of sulfonamides is 1. The Kier molecular flexibility index (Phi) is 6.89. The SMILES string of the molecule is CCC(C(=O)Nc1ccc(OC)c(S(=O)(=O)N2CCOCC2)c1)c1ccccc1. The molecule has 1 aliphatic heterocycles. The predicted molar refractivity (Wildman–Crippen MR) is 111 cm³/mol. The number of benzene rings is 2. The number of rotatable bonds is 7. The Morgan fingerprint density at radius 2 is 1.86 bits per heavy atom. The minimum absolute atomic E-state index is 0.0347. The number of nitrogens with zero attached hydrogens (tertiary/aromatic N) is 1. The molecule has 1 unspecified atom stereocenters. The first kappa shape index (κ1) is 21.3. The van der Waals surface area contributed by atoms with Gasteiger partial charge >= 0.3 is 0 Å². The summed E-state index contributed by atoms with van der Waals surface area (Å²) in [5, 5.41) is 2.86. The highest BCUT2D eigenvalue weighted by molar-refractivity contribution is 7.89. The van der Waals surface area contributed by atoms with Gasteiger partial charge in [0, 0.05) is 18.8 Å². The smallest absolute Gasteiger partial charge is 0.246 e. The van der Waals surface area contributed by atoms with Gasteiger partial charge in [-0.2, -0.15) is 4.31 Å². The molecule has 0 saturated carbocycles. The molecule has 0 bridgehead atoms. The molecule has 1 aliphatic rings. The highest BCUT2D eigenvalue weighted by atomic mass is 32.2. The second kappa shape index (κ2) is 9.39. The van der Waals surface area contributed by atoms with E-state index in [1.165, 1.54) is 17.5 Å². The molecule has 156 valence electrons. The summed E-state index contributed by atoms with van der Waals surface area (Å²) >= 11 is 0. The van der Waals surface area contributed by atoms with Crippen molar-refractivity contribution in [3.8, 4) is 5.75 Å². The third kappa shape index (κ3) is 4.77. The topological polar surface area (TPSA) is 84.9 Å². The van der Waals surface area contributed by atoms with E-state index in [1.807, 2.05) is 37.3 Å². The standard InChI is InChI=1S/C21H26N2O5S/c1-3-18(16-7-5-4-6-8-16)21(24)22-17-9-10-19(27-2)20(15-17)29(25,26)23-11-13-28-14-12-23/h4-10,15,18H,3,11-14H2,1-2H3,(H,22,24). The maximum atomic E-state index is 13.1. The highest BCUT2D eigenvalue weighted by Gasteiger charge is 2.30. The lowest BCUT2D eigenvalue weighted by Crippen LogP contribution is -2.40. The van der Waals surface area contributed by atoms with Crippen molar-refractivity contribution in [2.75, 3.05) is 38.7 Å². The van der Waals surface area contributed by atoms with Crippen molar-refractivity contribution in [1.82, 2.24) is 4.31 Å². The number of nitrogens with one attached hydrogen (secondary N) is 1. The Hall–Kier alpha value is -2.42. The molecular weight excluding hydrogens is 392 g/mol. The van der Waals surface area contributed by atoms with Crippen LogP contribution in [0, 0.1) is 0 Å². The summed E-state index contributed by atoms with van der Waals surface area (Å²) in [6, 6.07) is 14.2. The summed E-state index contributed by atoms with van der Waals surface area (Å²) in [7, 11) is -2.34. The van der Waals surface area contributed by atoms with E-state index in [0.717, 1.165) is 5.56 Å². The number of carbonyl (C=O) groups is 1. The van der Waals surface area contributed by atoms with Gasteiger partial charge in [-0.25, -0.2) is 8.42 Å². The van der Waals surface area contributed by atoms with Crippen LogP contribution in [0.1, 0.15) is 24.8 Å². The van der Waals surface area contributed by atoms with Crippen LogP contribution in [0.3, 0.4) is 0 Å². The van der Waals surface area contributed by atoms with Crippen molar-refractivity contribution in [2.45, 2.75) is 24.2 Å². The van der Waals surface area contributed by atoms with Gasteiger partial charge in [-0.05, 0) is 30.2 Å². The predicted octanol–water partition coefficient (Wildman–Crippen LogP) is 2.85. The molecule has 1 N–H and O–H groups in total. The third-order valence-corrected chi connectivity index (χ3v) is 6.87. The summed E-state index contributed by atoms with van der Waals surface area (Å²) in [5.74, 6) is -0.263. The molecule has 7 nitrogen and oxygen atoms in total. The number of methoxy groups -OCH3 is 1. The zero-order valence-electron chi connectivity index (χ0n) is 16.6. The molecule has 1 saturated heterocycles. The van der Waals surface area contributed by atoms with Crippen LogP contribution in [0.4, 0.5) is 5.69 Å². The zero-order chi connectivity index (χ0) is 20.9. The van der Waals surface area contributed by atoms with Crippen molar-refractivity contribution in [3.05, 3.63) is 54.1 Å². The van der Waals surface area contributed by atoms with Gasteiger partial charge in [0.1, 0.15) is 10.6 Å². The number of morpholine rings is 1. The van der Waals surface area contributed by atoms with Crippen LogP contribution in [0.25, 0.3) is 0 Å². The number of ether oxygens (including phenoxy) is 2. The second-order valence-electron chi connectivity index (χ2n) is 6.74. The maximum absolute atomic E-state index is 13.1. The molecule has 0 aromatic heterocycles. The average Bonchev–Trinajstić information content (AvgIpc) is 2.75. The van der Waals surface area contributed by atoms with E-state index >= 15 is 0 Å². The molecule has 0 spiro atoms. The molecule has 8 heteroatoms. The van der Waals surface area contributed by atoms with Gasteiger partial charge in [0.25, 0.3) is 0 Å². The first-order chi connectivity index (χ1) is 14.0. The molecule has 3 rings (SSSR count). The van der Waals surface area contributed by atoms with E-state index in [0.29, 0.717) is 25.3 Å². The van der Waals surface area contributed by atoms with Crippen molar-refractivity contribution in [3.63, 3.8) is 0 Å². The second-order valence-corrected chi connectivity index (χ2v) is 8.65. The van der Waals surface area contributed by atoms with Crippen LogP contribution in [-0.2, 0) is 19.6 Å². The lowest BCUT2D eigenvalue weighted by atomic mass is 9.95. The number of anilines is 1. The van der Waals surface area contributed by atoms with Crippen LogP contribution >= 0.6 is 0 Å². The fourth-order valence-electron chi connectivity index (χ4n) is 3.37. The minimum Gasteiger partial charge on any atom is -0.495 e. The number of hydrogen-bond acceptors (Lipinski definition) is 5. The van der Waals surface area contributed by atoms with E-state index in [2.05, 4.69) is 5.32 Å². The van der Waals surface area contributed by atoms with Crippen molar-refractivity contribution >= 4 is 21.6 Å². The van der Waals surface area contributed by atoms with Crippen LogP contribution in [0.5, 0.6) is 5.75 Å². The van der Waals surface area contributed by atoms with Gasteiger partial charge in [0.2, 0.25) is 15.9 Å². The third-order valence-electron chi connectivity index (χ3n) is 4.95. The minimum atomic E-state index is -3.76. The van der Waals surface area contributed by atoms with Crippen LogP contribution in [0.2, 0.25) is 0 Å². The highest BCUT2D eigenvalue weighted by Crippen LogP contribution is 2.31. The summed E-state index contributed by atoms with van der Waals surface area (Å²) < 4.78 is 38.1.